The highest BCUT2D eigenvalue weighted by atomic mass is 19.4. The van der Waals surface area contributed by atoms with Crippen molar-refractivity contribution in [2.24, 2.45) is 0 Å². The average Bonchev–Trinajstić information content (AvgIpc) is 2.33. The van der Waals surface area contributed by atoms with E-state index in [1.807, 2.05) is 0 Å². The first-order chi connectivity index (χ1) is 9.12. The Morgan fingerprint density at radius 2 is 1.85 bits per heavy atom. The Bertz CT molecular complexity index is 566. The number of benzene rings is 1. The summed E-state index contributed by atoms with van der Waals surface area (Å²) >= 11 is 0. The molecule has 1 aromatic carbocycles. The van der Waals surface area contributed by atoms with Crippen LogP contribution < -0.4 is 5.32 Å². The van der Waals surface area contributed by atoms with Gasteiger partial charge in [-0.15, -0.1) is 0 Å². The third kappa shape index (κ3) is 3.81. The number of carbonyl (C=O) groups is 3. The molecule has 0 heterocycles. The number of alkyl halides is 3. The van der Waals surface area contributed by atoms with Gasteiger partial charge in [-0.2, -0.15) is 13.2 Å². The van der Waals surface area contributed by atoms with Gasteiger partial charge in [0.2, 0.25) is 0 Å². The Labute approximate surface area is 111 Å². The molecular formula is C12H10F3NO4. The van der Waals surface area contributed by atoms with Crippen molar-refractivity contribution in [3.8, 4) is 0 Å². The predicted octanol–water partition coefficient (Wildman–Crippen LogP) is 1.55. The second-order valence-electron chi connectivity index (χ2n) is 3.94. The molecule has 0 aliphatic heterocycles. The van der Waals surface area contributed by atoms with Gasteiger partial charge < -0.3 is 10.4 Å². The first-order valence-corrected chi connectivity index (χ1v) is 5.35. The monoisotopic (exact) mass is 289 g/mol. The highest BCUT2D eigenvalue weighted by Crippen LogP contribution is 2.14. The van der Waals surface area contributed by atoms with Crippen LogP contribution in [0.25, 0.3) is 0 Å². The quantitative estimate of drug-likeness (QED) is 0.824. The van der Waals surface area contributed by atoms with Crippen LogP contribution in [0, 0.1) is 6.92 Å². The highest BCUT2D eigenvalue weighted by Gasteiger charge is 2.38. The van der Waals surface area contributed by atoms with Gasteiger partial charge in [-0.1, -0.05) is 6.07 Å². The van der Waals surface area contributed by atoms with Gasteiger partial charge in [0.05, 0.1) is 12.1 Å². The molecule has 2 N–H and O–H groups in total. The molecule has 0 aromatic heterocycles. The SMILES string of the molecule is Cc1cc(C(=O)CNC(=O)C(F)(F)F)ccc1C(=O)O. The zero-order valence-corrected chi connectivity index (χ0v) is 10.2. The second-order valence-corrected chi connectivity index (χ2v) is 3.94. The molecule has 0 radical (unpaired) electrons. The van der Waals surface area contributed by atoms with Gasteiger partial charge in [0, 0.05) is 5.56 Å². The third-order valence-electron chi connectivity index (χ3n) is 2.45. The van der Waals surface area contributed by atoms with Crippen molar-refractivity contribution in [3.63, 3.8) is 0 Å². The van der Waals surface area contributed by atoms with Crippen LogP contribution in [0.5, 0.6) is 0 Å². The molecule has 0 saturated carbocycles. The average molecular weight is 289 g/mol. The molecule has 0 spiro atoms. The number of halogens is 3. The second kappa shape index (κ2) is 5.72. The number of aryl methyl sites for hydroxylation is 1. The maximum atomic E-state index is 11.9. The van der Waals surface area contributed by atoms with E-state index in [9.17, 15) is 27.6 Å². The van der Waals surface area contributed by atoms with Crippen LogP contribution in [-0.2, 0) is 4.79 Å². The lowest BCUT2D eigenvalue weighted by atomic mass is 10.0. The van der Waals surface area contributed by atoms with Gasteiger partial charge in [0.15, 0.2) is 5.78 Å². The van der Waals surface area contributed by atoms with E-state index >= 15 is 0 Å². The van der Waals surface area contributed by atoms with E-state index in [0.29, 0.717) is 5.56 Å². The van der Waals surface area contributed by atoms with Crippen LogP contribution in [0.1, 0.15) is 26.3 Å². The van der Waals surface area contributed by atoms with Crippen molar-refractivity contribution in [2.75, 3.05) is 6.54 Å². The molecule has 20 heavy (non-hydrogen) atoms. The smallest absolute Gasteiger partial charge is 0.471 e. The molecule has 1 amide bonds. The minimum atomic E-state index is -5.05. The fourth-order valence-corrected chi connectivity index (χ4v) is 1.44. The molecule has 108 valence electrons. The summed E-state index contributed by atoms with van der Waals surface area (Å²) in [5, 5.41) is 10.2. The lowest BCUT2D eigenvalue weighted by Crippen LogP contribution is -2.39. The van der Waals surface area contributed by atoms with Crippen LogP contribution in [0.2, 0.25) is 0 Å². The molecule has 0 aliphatic carbocycles. The molecule has 0 unspecified atom stereocenters. The Morgan fingerprint density at radius 3 is 2.30 bits per heavy atom. The number of carboxylic acids is 1. The van der Waals surface area contributed by atoms with Gasteiger partial charge in [0.25, 0.3) is 0 Å². The normalized spacial score (nSPS) is 11.0. The van der Waals surface area contributed by atoms with Gasteiger partial charge in [-0.3, -0.25) is 9.59 Å². The van der Waals surface area contributed by atoms with E-state index in [2.05, 4.69) is 0 Å². The largest absolute Gasteiger partial charge is 0.478 e. The van der Waals surface area contributed by atoms with Crippen molar-refractivity contribution in [1.29, 1.82) is 0 Å². The molecule has 0 fully saturated rings. The summed E-state index contributed by atoms with van der Waals surface area (Å²) in [6.07, 6.45) is -5.05. The topological polar surface area (TPSA) is 83.5 Å². The van der Waals surface area contributed by atoms with Gasteiger partial charge in [-0.05, 0) is 24.6 Å². The number of hydrogen-bond donors (Lipinski definition) is 2. The van der Waals surface area contributed by atoms with Gasteiger partial charge in [0.1, 0.15) is 0 Å². The zero-order chi connectivity index (χ0) is 15.5. The van der Waals surface area contributed by atoms with E-state index in [-0.39, 0.29) is 11.1 Å². The standard InChI is InChI=1S/C12H10F3NO4/c1-6-4-7(2-3-8(6)10(18)19)9(17)5-16-11(20)12(13,14)15/h2-4H,5H2,1H3,(H,16,20)(H,18,19). The zero-order valence-electron chi connectivity index (χ0n) is 10.2. The number of Topliss-reactive ketones (excluding diaryl/α,β-unsaturated/α-hetero) is 1. The number of ketones is 1. The van der Waals surface area contributed by atoms with Crippen molar-refractivity contribution >= 4 is 17.7 Å². The van der Waals surface area contributed by atoms with Gasteiger partial charge in [-0.25, -0.2) is 4.79 Å². The van der Waals surface area contributed by atoms with Crippen molar-refractivity contribution < 1.29 is 32.7 Å². The molecule has 8 heteroatoms. The summed E-state index contributed by atoms with van der Waals surface area (Å²) in [5.74, 6) is -4.13. The number of amides is 1. The molecule has 5 nitrogen and oxygen atoms in total. The maximum absolute atomic E-state index is 11.9. The molecule has 0 aliphatic rings. The molecular weight excluding hydrogens is 279 g/mol. The van der Waals surface area contributed by atoms with Crippen molar-refractivity contribution in [2.45, 2.75) is 13.1 Å². The van der Waals surface area contributed by atoms with E-state index in [4.69, 9.17) is 5.11 Å². The molecule has 0 atom stereocenters. The Kier molecular flexibility index (Phi) is 4.49. The Balaban J connectivity index is 2.77. The van der Waals surface area contributed by atoms with Gasteiger partial charge >= 0.3 is 18.1 Å². The van der Waals surface area contributed by atoms with Crippen LogP contribution in [0.15, 0.2) is 18.2 Å². The maximum Gasteiger partial charge on any atom is 0.471 e. The Morgan fingerprint density at radius 1 is 1.25 bits per heavy atom. The first kappa shape index (κ1) is 15.7. The fourth-order valence-electron chi connectivity index (χ4n) is 1.44. The molecule has 1 rings (SSSR count). The fraction of sp³-hybridized carbons (Fsp3) is 0.250. The first-order valence-electron chi connectivity index (χ1n) is 5.35. The number of hydrogen-bond acceptors (Lipinski definition) is 3. The number of rotatable bonds is 4. The van der Waals surface area contributed by atoms with Crippen LogP contribution in [0.4, 0.5) is 13.2 Å². The van der Waals surface area contributed by atoms with Crippen molar-refractivity contribution in [3.05, 3.63) is 34.9 Å². The van der Waals surface area contributed by atoms with Crippen LogP contribution >= 0.6 is 0 Å². The van der Waals surface area contributed by atoms with E-state index in [0.717, 1.165) is 0 Å². The number of carboxylic acid groups (broad SMARTS) is 1. The minimum absolute atomic E-state index is 0.0131. The van der Waals surface area contributed by atoms with Crippen LogP contribution in [-0.4, -0.2) is 35.5 Å². The number of carbonyl (C=O) groups excluding carboxylic acids is 2. The van der Waals surface area contributed by atoms with E-state index < -0.39 is 30.4 Å². The summed E-state index contributed by atoms with van der Waals surface area (Å²) in [5.41, 5.74) is 0.307. The summed E-state index contributed by atoms with van der Waals surface area (Å²) < 4.78 is 35.8. The highest BCUT2D eigenvalue weighted by molar-refractivity contribution is 6.01. The van der Waals surface area contributed by atoms with E-state index in [1.165, 1.54) is 30.4 Å². The molecule has 0 saturated heterocycles. The number of aromatic carboxylic acids is 1. The molecule has 0 bridgehead atoms. The number of nitrogens with one attached hydrogen (secondary N) is 1. The Hall–Kier alpha value is -2.38. The lowest BCUT2D eigenvalue weighted by molar-refractivity contribution is -0.173. The third-order valence-corrected chi connectivity index (χ3v) is 2.45. The summed E-state index contributed by atoms with van der Waals surface area (Å²) in [7, 11) is 0. The van der Waals surface area contributed by atoms with Crippen LogP contribution in [0.3, 0.4) is 0 Å². The lowest BCUT2D eigenvalue weighted by Gasteiger charge is -2.08. The summed E-state index contributed by atoms with van der Waals surface area (Å²) in [6.45, 7) is 0.638. The van der Waals surface area contributed by atoms with E-state index in [1.54, 1.807) is 0 Å². The summed E-state index contributed by atoms with van der Waals surface area (Å²) in [6, 6.07) is 3.60. The van der Waals surface area contributed by atoms with Crippen molar-refractivity contribution in [1.82, 2.24) is 5.32 Å². The molecule has 1 aromatic rings. The summed E-state index contributed by atoms with van der Waals surface area (Å²) in [4.78, 5) is 32.9. The minimum Gasteiger partial charge on any atom is -0.478 e. The predicted molar refractivity (Wildman–Crippen MR) is 61.5 cm³/mol.